The van der Waals surface area contributed by atoms with Crippen LogP contribution in [0, 0.1) is 5.82 Å². The first kappa shape index (κ1) is 14.5. The molecule has 0 aliphatic rings. The van der Waals surface area contributed by atoms with Gasteiger partial charge in [-0.2, -0.15) is 0 Å². The summed E-state index contributed by atoms with van der Waals surface area (Å²) in [5.74, 6) is 0.304. The maximum Gasteiger partial charge on any atom is 0.138 e. The fourth-order valence-corrected chi connectivity index (χ4v) is 2.08. The smallest absolute Gasteiger partial charge is 0.138 e. The number of rotatable bonds is 4. The molecule has 2 aromatic rings. The van der Waals surface area contributed by atoms with Gasteiger partial charge in [0.25, 0.3) is 0 Å². The summed E-state index contributed by atoms with van der Waals surface area (Å²) in [4.78, 5) is 4.13. The second-order valence-electron chi connectivity index (χ2n) is 5.26. The zero-order valence-corrected chi connectivity index (χ0v) is 11.9. The highest BCUT2D eigenvalue weighted by Gasteiger charge is 2.27. The van der Waals surface area contributed by atoms with E-state index in [1.165, 1.54) is 6.07 Å². The second-order valence-corrected chi connectivity index (χ2v) is 5.26. The van der Waals surface area contributed by atoms with E-state index in [4.69, 9.17) is 10.5 Å². The lowest BCUT2D eigenvalue weighted by atomic mass is 9.86. The number of ether oxygens (including phenoxy) is 1. The third-order valence-corrected chi connectivity index (χ3v) is 3.12. The summed E-state index contributed by atoms with van der Waals surface area (Å²) >= 11 is 0. The minimum atomic E-state index is -0.964. The van der Waals surface area contributed by atoms with Crippen LogP contribution in [0.3, 0.4) is 0 Å². The van der Waals surface area contributed by atoms with E-state index < -0.39 is 5.54 Å². The van der Waals surface area contributed by atoms with Gasteiger partial charge in [-0.1, -0.05) is 18.2 Å². The zero-order chi connectivity index (χ0) is 14.8. The molecule has 1 aromatic carbocycles. The van der Waals surface area contributed by atoms with Gasteiger partial charge in [-0.3, -0.25) is 4.98 Å². The monoisotopic (exact) mass is 274 g/mol. The van der Waals surface area contributed by atoms with Gasteiger partial charge in [0.2, 0.25) is 0 Å². The van der Waals surface area contributed by atoms with Gasteiger partial charge in [-0.05, 0) is 38.5 Å². The van der Waals surface area contributed by atoms with Crippen LogP contribution in [0.5, 0.6) is 5.75 Å². The molecule has 1 atom stereocenters. The molecule has 3 nitrogen and oxygen atoms in total. The van der Waals surface area contributed by atoms with Crippen molar-refractivity contribution in [3.05, 3.63) is 59.7 Å². The van der Waals surface area contributed by atoms with E-state index >= 15 is 0 Å². The largest absolute Gasteiger partial charge is 0.489 e. The van der Waals surface area contributed by atoms with Gasteiger partial charge in [0.15, 0.2) is 0 Å². The van der Waals surface area contributed by atoms with Gasteiger partial charge in [0, 0.05) is 11.8 Å². The Kier molecular flexibility index (Phi) is 4.04. The summed E-state index contributed by atoms with van der Waals surface area (Å²) in [5, 5.41) is 0. The summed E-state index contributed by atoms with van der Waals surface area (Å²) in [5.41, 5.74) is 6.50. The van der Waals surface area contributed by atoms with E-state index in [2.05, 4.69) is 4.98 Å². The first-order chi connectivity index (χ1) is 9.41. The zero-order valence-electron chi connectivity index (χ0n) is 11.9. The van der Waals surface area contributed by atoms with Crippen LogP contribution in [0.4, 0.5) is 4.39 Å². The number of aromatic nitrogens is 1. The predicted molar refractivity (Wildman–Crippen MR) is 77.0 cm³/mol. The van der Waals surface area contributed by atoms with Crippen LogP contribution in [0.25, 0.3) is 0 Å². The van der Waals surface area contributed by atoms with Gasteiger partial charge in [0.1, 0.15) is 11.6 Å². The number of hydrogen-bond acceptors (Lipinski definition) is 3. The minimum absolute atomic E-state index is 0.0459. The molecule has 0 spiro atoms. The topological polar surface area (TPSA) is 48.1 Å². The summed E-state index contributed by atoms with van der Waals surface area (Å²) in [7, 11) is 0. The van der Waals surface area contributed by atoms with Gasteiger partial charge >= 0.3 is 0 Å². The van der Waals surface area contributed by atoms with Crippen LogP contribution in [0.2, 0.25) is 0 Å². The summed E-state index contributed by atoms with van der Waals surface area (Å²) in [6, 6.07) is 8.31. The Balaban J connectivity index is 2.41. The average Bonchev–Trinajstić information content (AvgIpc) is 2.38. The second kappa shape index (κ2) is 5.59. The van der Waals surface area contributed by atoms with E-state index in [0.717, 1.165) is 0 Å². The maximum absolute atomic E-state index is 13.9. The predicted octanol–water partition coefficient (Wildman–Crippen LogP) is 3.23. The Morgan fingerprint density at radius 1 is 1.25 bits per heavy atom. The van der Waals surface area contributed by atoms with E-state index in [-0.39, 0.29) is 11.9 Å². The highest BCUT2D eigenvalue weighted by Crippen LogP contribution is 2.29. The summed E-state index contributed by atoms with van der Waals surface area (Å²) in [6.45, 7) is 5.64. The van der Waals surface area contributed by atoms with Crippen molar-refractivity contribution < 1.29 is 9.13 Å². The van der Waals surface area contributed by atoms with Crippen LogP contribution >= 0.6 is 0 Å². The SMILES string of the molecule is CC(C)Oc1cncc(C(C)(N)c2ccccc2F)c1. The first-order valence-corrected chi connectivity index (χ1v) is 6.57. The molecule has 0 amide bonds. The van der Waals surface area contributed by atoms with E-state index in [1.807, 2.05) is 13.8 Å². The molecule has 0 aliphatic carbocycles. The molecule has 1 aromatic heterocycles. The number of nitrogens with two attached hydrogens (primary N) is 1. The fraction of sp³-hybridized carbons (Fsp3) is 0.312. The standard InChI is InChI=1S/C16H19FN2O/c1-11(2)20-13-8-12(9-19-10-13)16(3,18)14-6-4-5-7-15(14)17/h4-11H,18H2,1-3H3. The van der Waals surface area contributed by atoms with Gasteiger partial charge in [-0.25, -0.2) is 4.39 Å². The fourth-order valence-electron chi connectivity index (χ4n) is 2.08. The molecule has 2 N–H and O–H groups in total. The van der Waals surface area contributed by atoms with Gasteiger partial charge in [0.05, 0.1) is 17.8 Å². The molecular weight excluding hydrogens is 255 g/mol. The Labute approximate surface area is 118 Å². The molecule has 2 rings (SSSR count). The molecule has 106 valence electrons. The highest BCUT2D eigenvalue weighted by atomic mass is 19.1. The van der Waals surface area contributed by atoms with Crippen molar-refractivity contribution in [2.24, 2.45) is 5.73 Å². The average molecular weight is 274 g/mol. The Hall–Kier alpha value is -1.94. The third-order valence-electron chi connectivity index (χ3n) is 3.12. The third kappa shape index (κ3) is 2.96. The van der Waals surface area contributed by atoms with E-state index in [9.17, 15) is 4.39 Å². The van der Waals surface area contributed by atoms with Crippen molar-refractivity contribution in [1.82, 2.24) is 4.98 Å². The Morgan fingerprint density at radius 3 is 2.60 bits per heavy atom. The van der Waals surface area contributed by atoms with Crippen molar-refractivity contribution in [3.8, 4) is 5.75 Å². The van der Waals surface area contributed by atoms with Crippen LogP contribution in [-0.2, 0) is 5.54 Å². The molecule has 1 heterocycles. The molecule has 20 heavy (non-hydrogen) atoms. The molecule has 0 radical (unpaired) electrons. The highest BCUT2D eigenvalue weighted by molar-refractivity contribution is 5.39. The first-order valence-electron chi connectivity index (χ1n) is 6.57. The molecule has 0 fully saturated rings. The summed E-state index contributed by atoms with van der Waals surface area (Å²) in [6.07, 6.45) is 3.31. The van der Waals surface area contributed by atoms with Crippen molar-refractivity contribution >= 4 is 0 Å². The van der Waals surface area contributed by atoms with Crippen LogP contribution in [-0.4, -0.2) is 11.1 Å². The number of nitrogens with zero attached hydrogens (tertiary/aromatic N) is 1. The van der Waals surface area contributed by atoms with Crippen LogP contribution in [0.1, 0.15) is 31.9 Å². The van der Waals surface area contributed by atoms with Crippen molar-refractivity contribution in [2.75, 3.05) is 0 Å². The van der Waals surface area contributed by atoms with Crippen molar-refractivity contribution in [2.45, 2.75) is 32.4 Å². The molecular formula is C16H19FN2O. The molecule has 0 aliphatic heterocycles. The van der Waals surface area contributed by atoms with E-state index in [0.29, 0.717) is 16.9 Å². The maximum atomic E-state index is 13.9. The van der Waals surface area contributed by atoms with E-state index in [1.54, 1.807) is 43.6 Å². The lowest BCUT2D eigenvalue weighted by Crippen LogP contribution is -2.35. The molecule has 0 bridgehead atoms. The quantitative estimate of drug-likeness (QED) is 0.931. The van der Waals surface area contributed by atoms with Gasteiger partial charge < -0.3 is 10.5 Å². The number of halogens is 1. The van der Waals surface area contributed by atoms with Crippen molar-refractivity contribution in [3.63, 3.8) is 0 Å². The lowest BCUT2D eigenvalue weighted by Gasteiger charge is -2.26. The number of benzene rings is 1. The Morgan fingerprint density at radius 2 is 1.95 bits per heavy atom. The molecule has 0 saturated carbocycles. The normalized spacial score (nSPS) is 14.1. The Bertz CT molecular complexity index is 597. The van der Waals surface area contributed by atoms with Crippen LogP contribution < -0.4 is 10.5 Å². The molecule has 0 saturated heterocycles. The molecule has 1 unspecified atom stereocenters. The van der Waals surface area contributed by atoms with Crippen molar-refractivity contribution in [1.29, 1.82) is 0 Å². The number of hydrogen-bond donors (Lipinski definition) is 1. The lowest BCUT2D eigenvalue weighted by molar-refractivity contribution is 0.241. The number of pyridine rings is 1. The minimum Gasteiger partial charge on any atom is -0.489 e. The van der Waals surface area contributed by atoms with Gasteiger partial charge in [-0.15, -0.1) is 0 Å². The summed E-state index contributed by atoms with van der Waals surface area (Å²) < 4.78 is 19.6. The molecule has 4 heteroatoms. The van der Waals surface area contributed by atoms with Crippen LogP contribution in [0.15, 0.2) is 42.7 Å².